The van der Waals surface area contributed by atoms with Crippen molar-refractivity contribution in [3.63, 3.8) is 0 Å². The van der Waals surface area contributed by atoms with E-state index in [0.717, 1.165) is 23.1 Å². The maximum Gasteiger partial charge on any atom is 0.133 e. The van der Waals surface area contributed by atoms with Gasteiger partial charge in [-0.25, -0.2) is 4.39 Å². The van der Waals surface area contributed by atoms with E-state index >= 15 is 0 Å². The average Bonchev–Trinajstić information content (AvgIpc) is 2.34. The summed E-state index contributed by atoms with van der Waals surface area (Å²) in [5.41, 5.74) is 1.14. The van der Waals surface area contributed by atoms with Crippen LogP contribution < -0.4 is 10.1 Å². The second kappa shape index (κ2) is 8.44. The van der Waals surface area contributed by atoms with Gasteiger partial charge in [-0.15, -0.1) is 0 Å². The van der Waals surface area contributed by atoms with Gasteiger partial charge in [-0.3, -0.25) is 0 Å². The van der Waals surface area contributed by atoms with Crippen LogP contribution >= 0.6 is 15.9 Å². The summed E-state index contributed by atoms with van der Waals surface area (Å²) < 4.78 is 23.0. The van der Waals surface area contributed by atoms with Gasteiger partial charge in [0.15, 0.2) is 0 Å². The van der Waals surface area contributed by atoms with E-state index in [1.807, 2.05) is 18.2 Å². The summed E-state index contributed by atoms with van der Waals surface area (Å²) >= 11 is 3.40. The highest BCUT2D eigenvalue weighted by Crippen LogP contribution is 2.25. The number of rotatable bonds is 8. The molecule has 0 heterocycles. The third-order valence-corrected chi connectivity index (χ3v) is 2.76. The number of alkyl halides is 1. The van der Waals surface area contributed by atoms with Gasteiger partial charge in [0.05, 0.1) is 11.1 Å². The molecular weight excluding hydrogens is 289 g/mol. The van der Waals surface area contributed by atoms with E-state index in [2.05, 4.69) is 21.2 Å². The molecule has 3 nitrogen and oxygen atoms in total. The lowest BCUT2D eigenvalue weighted by molar-refractivity contribution is 0.199. The Morgan fingerprint density at radius 2 is 2.18 bits per heavy atom. The number of ether oxygens (including phenoxy) is 2. The summed E-state index contributed by atoms with van der Waals surface area (Å²) in [6, 6.07) is 5.76. The number of benzene rings is 1. The minimum absolute atomic E-state index is 0.0873. The second-order valence-electron chi connectivity index (χ2n) is 3.47. The SMILES string of the molecule is COCCNCc1ccc(OCCF)c(Br)c1. The minimum atomic E-state index is -0.479. The third-order valence-electron chi connectivity index (χ3n) is 2.14. The van der Waals surface area contributed by atoms with Crippen LogP contribution in [0.3, 0.4) is 0 Å². The molecule has 0 spiro atoms. The third kappa shape index (κ3) is 5.48. The van der Waals surface area contributed by atoms with Gasteiger partial charge in [0, 0.05) is 20.2 Å². The van der Waals surface area contributed by atoms with Crippen LogP contribution in [0.25, 0.3) is 0 Å². The molecule has 0 bridgehead atoms. The standard InChI is InChI=1S/C12H17BrFNO2/c1-16-7-5-15-9-10-2-3-12(11(13)8-10)17-6-4-14/h2-3,8,15H,4-7,9H2,1H3. The lowest BCUT2D eigenvalue weighted by Crippen LogP contribution is -2.18. The highest BCUT2D eigenvalue weighted by atomic mass is 79.9. The van der Waals surface area contributed by atoms with Crippen LogP contribution in [-0.4, -0.2) is 33.5 Å². The van der Waals surface area contributed by atoms with E-state index in [9.17, 15) is 4.39 Å². The molecule has 0 aliphatic heterocycles. The van der Waals surface area contributed by atoms with Gasteiger partial charge in [-0.2, -0.15) is 0 Å². The maximum atomic E-state index is 12.0. The van der Waals surface area contributed by atoms with Crippen molar-refractivity contribution in [3.05, 3.63) is 28.2 Å². The summed E-state index contributed by atoms with van der Waals surface area (Å²) in [6.07, 6.45) is 0. The molecule has 0 aliphatic carbocycles. The van der Waals surface area contributed by atoms with E-state index < -0.39 is 6.67 Å². The van der Waals surface area contributed by atoms with Gasteiger partial charge >= 0.3 is 0 Å². The second-order valence-corrected chi connectivity index (χ2v) is 4.33. The first kappa shape index (κ1) is 14.4. The first-order valence-corrected chi connectivity index (χ1v) is 6.24. The van der Waals surface area contributed by atoms with Gasteiger partial charge in [-0.1, -0.05) is 6.07 Å². The van der Waals surface area contributed by atoms with Crippen LogP contribution in [0.2, 0.25) is 0 Å². The van der Waals surface area contributed by atoms with E-state index in [0.29, 0.717) is 12.4 Å². The molecule has 0 unspecified atom stereocenters. The van der Waals surface area contributed by atoms with Gasteiger partial charge in [0.1, 0.15) is 19.0 Å². The number of nitrogens with one attached hydrogen (secondary N) is 1. The van der Waals surface area contributed by atoms with Crippen molar-refractivity contribution >= 4 is 15.9 Å². The summed E-state index contributed by atoms with van der Waals surface area (Å²) in [6.45, 7) is 1.88. The molecule has 5 heteroatoms. The first-order valence-electron chi connectivity index (χ1n) is 5.44. The van der Waals surface area contributed by atoms with Crippen molar-refractivity contribution in [2.24, 2.45) is 0 Å². The maximum absolute atomic E-state index is 12.0. The quantitative estimate of drug-likeness (QED) is 0.749. The Morgan fingerprint density at radius 3 is 2.82 bits per heavy atom. The normalized spacial score (nSPS) is 10.5. The van der Waals surface area contributed by atoms with E-state index in [-0.39, 0.29) is 6.61 Å². The topological polar surface area (TPSA) is 30.5 Å². The molecule has 96 valence electrons. The van der Waals surface area contributed by atoms with Crippen LogP contribution in [0, 0.1) is 0 Å². The van der Waals surface area contributed by atoms with Crippen molar-refractivity contribution in [1.82, 2.24) is 5.32 Å². The first-order chi connectivity index (χ1) is 8.27. The summed E-state index contributed by atoms with van der Waals surface area (Å²) in [5.74, 6) is 0.670. The highest BCUT2D eigenvalue weighted by Gasteiger charge is 2.02. The monoisotopic (exact) mass is 305 g/mol. The molecule has 1 rings (SSSR count). The van der Waals surface area contributed by atoms with Crippen molar-refractivity contribution in [3.8, 4) is 5.75 Å². The molecule has 0 atom stereocenters. The van der Waals surface area contributed by atoms with Crippen LogP contribution in [0.5, 0.6) is 5.75 Å². The van der Waals surface area contributed by atoms with Gasteiger partial charge in [0.25, 0.3) is 0 Å². The highest BCUT2D eigenvalue weighted by molar-refractivity contribution is 9.10. The van der Waals surface area contributed by atoms with E-state index in [1.165, 1.54) is 0 Å². The van der Waals surface area contributed by atoms with Crippen LogP contribution in [0.15, 0.2) is 22.7 Å². The Labute approximate surface area is 109 Å². The molecule has 0 amide bonds. The summed E-state index contributed by atoms with van der Waals surface area (Å²) in [7, 11) is 1.68. The number of hydrogen-bond acceptors (Lipinski definition) is 3. The number of halogens is 2. The van der Waals surface area contributed by atoms with Gasteiger partial charge < -0.3 is 14.8 Å². The Balaban J connectivity index is 2.44. The Morgan fingerprint density at radius 1 is 1.35 bits per heavy atom. The lowest BCUT2D eigenvalue weighted by atomic mass is 10.2. The predicted molar refractivity (Wildman–Crippen MR) is 69.2 cm³/mol. The molecule has 0 aliphatic rings. The molecule has 0 saturated carbocycles. The zero-order chi connectivity index (χ0) is 12.5. The fraction of sp³-hybridized carbons (Fsp3) is 0.500. The molecule has 0 aromatic heterocycles. The Hall–Kier alpha value is -0.650. The lowest BCUT2D eigenvalue weighted by Gasteiger charge is -2.09. The van der Waals surface area contributed by atoms with Gasteiger partial charge in [0.2, 0.25) is 0 Å². The Kier molecular flexibility index (Phi) is 7.16. The fourth-order valence-corrected chi connectivity index (χ4v) is 1.87. The van der Waals surface area contributed by atoms with Crippen LogP contribution in [-0.2, 0) is 11.3 Å². The molecule has 17 heavy (non-hydrogen) atoms. The molecule has 0 radical (unpaired) electrons. The van der Waals surface area contributed by atoms with E-state index in [4.69, 9.17) is 9.47 Å². The van der Waals surface area contributed by atoms with Crippen LogP contribution in [0.1, 0.15) is 5.56 Å². The molecule has 0 fully saturated rings. The van der Waals surface area contributed by atoms with E-state index in [1.54, 1.807) is 7.11 Å². The molecule has 1 aromatic rings. The smallest absolute Gasteiger partial charge is 0.133 e. The molecule has 0 saturated heterocycles. The van der Waals surface area contributed by atoms with Crippen molar-refractivity contribution in [2.75, 3.05) is 33.5 Å². The molecule has 1 N–H and O–H groups in total. The summed E-state index contributed by atoms with van der Waals surface area (Å²) in [4.78, 5) is 0. The predicted octanol–water partition coefficient (Wildman–Crippen LogP) is 2.53. The molecular formula is C12H17BrFNO2. The largest absolute Gasteiger partial charge is 0.490 e. The Bertz CT molecular complexity index is 336. The van der Waals surface area contributed by atoms with Crippen molar-refractivity contribution in [2.45, 2.75) is 6.54 Å². The minimum Gasteiger partial charge on any atom is -0.490 e. The fourth-order valence-electron chi connectivity index (χ4n) is 1.33. The number of methoxy groups -OCH3 is 1. The zero-order valence-corrected chi connectivity index (χ0v) is 11.4. The average molecular weight is 306 g/mol. The zero-order valence-electron chi connectivity index (χ0n) is 9.84. The summed E-state index contributed by atoms with van der Waals surface area (Å²) in [5, 5.41) is 3.25. The van der Waals surface area contributed by atoms with Crippen molar-refractivity contribution < 1.29 is 13.9 Å². The van der Waals surface area contributed by atoms with Gasteiger partial charge in [-0.05, 0) is 33.6 Å². The number of hydrogen-bond donors (Lipinski definition) is 1. The molecule has 1 aromatic carbocycles. The van der Waals surface area contributed by atoms with Crippen molar-refractivity contribution in [1.29, 1.82) is 0 Å². The van der Waals surface area contributed by atoms with Crippen LogP contribution in [0.4, 0.5) is 4.39 Å².